The van der Waals surface area contributed by atoms with Crippen LogP contribution in [0.3, 0.4) is 0 Å². The summed E-state index contributed by atoms with van der Waals surface area (Å²) in [5.74, 6) is 0. The molecule has 0 spiro atoms. The number of benzene rings is 1. The average Bonchev–Trinajstić information content (AvgIpc) is 2.27. The lowest BCUT2D eigenvalue weighted by atomic mass is 10.0. The molecule has 0 aromatic heterocycles. The molecular weight excluding hydrogens is 196 g/mol. The molecule has 0 radical (unpaired) electrons. The van der Waals surface area contributed by atoms with Crippen molar-refractivity contribution in [2.75, 3.05) is 12.3 Å². The van der Waals surface area contributed by atoms with Gasteiger partial charge < -0.3 is 26.8 Å². The van der Waals surface area contributed by atoms with E-state index >= 15 is 0 Å². The third-order valence-corrected chi connectivity index (χ3v) is 2.28. The first-order chi connectivity index (χ1) is 7.10. The molecule has 2 atom stereocenters. The third kappa shape index (κ3) is 2.66. The molecule has 0 saturated carbocycles. The van der Waals surface area contributed by atoms with Gasteiger partial charge in [0.2, 0.25) is 0 Å². The molecule has 0 heterocycles. The van der Waals surface area contributed by atoms with Crippen LogP contribution in [0.25, 0.3) is 0 Å². The Balaban J connectivity index is 2.95. The summed E-state index contributed by atoms with van der Waals surface area (Å²) in [5.41, 5.74) is 12.3. The summed E-state index contributed by atoms with van der Waals surface area (Å²) in [7, 11) is 0. The maximum atomic E-state index is 9.65. The van der Waals surface area contributed by atoms with Gasteiger partial charge in [0.15, 0.2) is 0 Å². The number of aliphatic hydroxyl groups excluding tert-OH is 3. The number of hydrogen-bond donors (Lipinski definition) is 5. The molecule has 5 heteroatoms. The van der Waals surface area contributed by atoms with Crippen LogP contribution >= 0.6 is 0 Å². The first-order valence-corrected chi connectivity index (χ1v) is 4.65. The molecule has 0 aliphatic carbocycles. The van der Waals surface area contributed by atoms with Crippen molar-refractivity contribution in [2.45, 2.75) is 18.8 Å². The monoisotopic (exact) mass is 212 g/mol. The Morgan fingerprint density at radius 3 is 2.47 bits per heavy atom. The fourth-order valence-electron chi connectivity index (χ4n) is 1.30. The van der Waals surface area contributed by atoms with Crippen LogP contribution in [0.5, 0.6) is 0 Å². The first-order valence-electron chi connectivity index (χ1n) is 4.65. The Bertz CT molecular complexity index is 330. The summed E-state index contributed by atoms with van der Waals surface area (Å²) in [5, 5.41) is 28.0. The van der Waals surface area contributed by atoms with Crippen molar-refractivity contribution in [1.29, 1.82) is 0 Å². The molecule has 1 rings (SSSR count). The summed E-state index contributed by atoms with van der Waals surface area (Å²) >= 11 is 0. The minimum atomic E-state index is -1.05. The Morgan fingerprint density at radius 1 is 1.27 bits per heavy atom. The molecular formula is C10H16N2O3. The lowest BCUT2D eigenvalue weighted by Gasteiger charge is -2.17. The minimum Gasteiger partial charge on any atom is -0.398 e. The number of rotatable bonds is 4. The van der Waals surface area contributed by atoms with Crippen LogP contribution in [-0.2, 0) is 6.61 Å². The highest BCUT2D eigenvalue weighted by molar-refractivity contribution is 5.48. The highest BCUT2D eigenvalue weighted by Gasteiger charge is 2.17. The standard InChI is InChI=1S/C10H16N2O3/c11-4-9(14)10(15)6-1-2-8(12)7(3-6)5-13/h1-3,9-10,13-15H,4-5,11-12H2. The second kappa shape index (κ2) is 5.09. The van der Waals surface area contributed by atoms with E-state index in [0.717, 1.165) is 0 Å². The van der Waals surface area contributed by atoms with Crippen LogP contribution in [0.4, 0.5) is 5.69 Å². The SMILES string of the molecule is NCC(O)C(O)c1ccc(N)c(CO)c1. The van der Waals surface area contributed by atoms with Crippen LogP contribution in [0, 0.1) is 0 Å². The van der Waals surface area contributed by atoms with Crippen molar-refractivity contribution >= 4 is 5.69 Å². The van der Waals surface area contributed by atoms with Gasteiger partial charge in [0.1, 0.15) is 6.10 Å². The maximum absolute atomic E-state index is 9.65. The van der Waals surface area contributed by atoms with E-state index in [1.54, 1.807) is 18.2 Å². The quantitative estimate of drug-likeness (QED) is 0.416. The van der Waals surface area contributed by atoms with Crippen molar-refractivity contribution in [3.05, 3.63) is 29.3 Å². The third-order valence-electron chi connectivity index (χ3n) is 2.28. The van der Waals surface area contributed by atoms with Crippen LogP contribution in [-0.4, -0.2) is 28.0 Å². The van der Waals surface area contributed by atoms with E-state index in [1.165, 1.54) is 0 Å². The van der Waals surface area contributed by atoms with Gasteiger partial charge in [0.05, 0.1) is 12.7 Å². The van der Waals surface area contributed by atoms with Gasteiger partial charge in [-0.05, 0) is 17.7 Å². The molecule has 2 unspecified atom stereocenters. The van der Waals surface area contributed by atoms with E-state index < -0.39 is 12.2 Å². The number of aliphatic hydroxyl groups is 3. The fraction of sp³-hybridized carbons (Fsp3) is 0.400. The van der Waals surface area contributed by atoms with E-state index in [1.807, 2.05) is 0 Å². The van der Waals surface area contributed by atoms with E-state index in [9.17, 15) is 10.2 Å². The van der Waals surface area contributed by atoms with Gasteiger partial charge in [-0.1, -0.05) is 6.07 Å². The molecule has 1 aromatic rings. The van der Waals surface area contributed by atoms with Crippen LogP contribution in [0.1, 0.15) is 17.2 Å². The smallest absolute Gasteiger partial charge is 0.106 e. The highest BCUT2D eigenvalue weighted by Crippen LogP contribution is 2.21. The molecule has 84 valence electrons. The van der Waals surface area contributed by atoms with E-state index in [2.05, 4.69) is 0 Å². The van der Waals surface area contributed by atoms with Crippen molar-refractivity contribution in [3.63, 3.8) is 0 Å². The summed E-state index contributed by atoms with van der Waals surface area (Å²) in [4.78, 5) is 0. The van der Waals surface area contributed by atoms with Crippen molar-refractivity contribution in [1.82, 2.24) is 0 Å². The van der Waals surface area contributed by atoms with Gasteiger partial charge in [0.25, 0.3) is 0 Å². The molecule has 0 amide bonds. The van der Waals surface area contributed by atoms with Crippen LogP contribution in [0.2, 0.25) is 0 Å². The summed E-state index contributed by atoms with van der Waals surface area (Å²) < 4.78 is 0. The fourth-order valence-corrected chi connectivity index (χ4v) is 1.30. The average molecular weight is 212 g/mol. The minimum absolute atomic E-state index is 0.0278. The van der Waals surface area contributed by atoms with Crippen LogP contribution < -0.4 is 11.5 Å². The lowest BCUT2D eigenvalue weighted by Crippen LogP contribution is -2.27. The summed E-state index contributed by atoms with van der Waals surface area (Å²) in [6, 6.07) is 4.73. The Hall–Kier alpha value is -1.14. The van der Waals surface area contributed by atoms with Crippen molar-refractivity contribution < 1.29 is 15.3 Å². The maximum Gasteiger partial charge on any atom is 0.106 e. The normalized spacial score (nSPS) is 14.9. The van der Waals surface area contributed by atoms with Crippen LogP contribution in [0.15, 0.2) is 18.2 Å². The largest absolute Gasteiger partial charge is 0.398 e. The first kappa shape index (κ1) is 11.9. The number of anilines is 1. The Kier molecular flexibility index (Phi) is 4.05. The predicted molar refractivity (Wildman–Crippen MR) is 56.8 cm³/mol. The van der Waals surface area contributed by atoms with E-state index in [-0.39, 0.29) is 13.2 Å². The summed E-state index contributed by atoms with van der Waals surface area (Å²) in [6.07, 6.45) is -2.07. The number of nitrogen functional groups attached to an aromatic ring is 1. The topological polar surface area (TPSA) is 113 Å². The molecule has 0 saturated heterocycles. The van der Waals surface area contributed by atoms with E-state index in [4.69, 9.17) is 16.6 Å². The Morgan fingerprint density at radius 2 is 1.93 bits per heavy atom. The molecule has 15 heavy (non-hydrogen) atoms. The van der Waals surface area contributed by atoms with Gasteiger partial charge in [-0.3, -0.25) is 0 Å². The zero-order valence-electron chi connectivity index (χ0n) is 8.30. The second-order valence-corrected chi connectivity index (χ2v) is 3.36. The molecule has 1 aromatic carbocycles. The van der Waals surface area contributed by atoms with E-state index in [0.29, 0.717) is 16.8 Å². The second-order valence-electron chi connectivity index (χ2n) is 3.36. The molecule has 0 aliphatic rings. The Labute approximate surface area is 88.0 Å². The number of nitrogens with two attached hydrogens (primary N) is 2. The zero-order valence-corrected chi connectivity index (χ0v) is 8.30. The molecule has 0 bridgehead atoms. The molecule has 5 nitrogen and oxygen atoms in total. The zero-order chi connectivity index (χ0) is 11.4. The number of hydrogen-bond acceptors (Lipinski definition) is 5. The van der Waals surface area contributed by atoms with Gasteiger partial charge >= 0.3 is 0 Å². The molecule has 0 aliphatic heterocycles. The summed E-state index contributed by atoms with van der Waals surface area (Å²) in [6.45, 7) is -0.231. The predicted octanol–water partition coefficient (Wildman–Crippen LogP) is -0.886. The molecule has 7 N–H and O–H groups in total. The molecule has 0 fully saturated rings. The lowest BCUT2D eigenvalue weighted by molar-refractivity contribution is 0.0242. The highest BCUT2D eigenvalue weighted by atomic mass is 16.3. The van der Waals surface area contributed by atoms with Crippen molar-refractivity contribution in [3.8, 4) is 0 Å². The van der Waals surface area contributed by atoms with Gasteiger partial charge in [-0.2, -0.15) is 0 Å². The van der Waals surface area contributed by atoms with Crippen molar-refractivity contribution in [2.24, 2.45) is 5.73 Å². The van der Waals surface area contributed by atoms with Gasteiger partial charge in [0, 0.05) is 17.8 Å². The van der Waals surface area contributed by atoms with Gasteiger partial charge in [-0.25, -0.2) is 0 Å². The van der Waals surface area contributed by atoms with Gasteiger partial charge in [-0.15, -0.1) is 0 Å².